The molecule has 0 unspecified atom stereocenters. The first-order valence-electron chi connectivity index (χ1n) is 10.2. The average Bonchev–Trinajstić information content (AvgIpc) is 3.11. The number of nitrogens with one attached hydrogen (secondary N) is 1. The normalized spacial score (nSPS) is 11.6. The van der Waals surface area contributed by atoms with Gasteiger partial charge in [-0.05, 0) is 34.4 Å². The Labute approximate surface area is 182 Å². The van der Waals surface area contributed by atoms with E-state index in [2.05, 4.69) is 41.4 Å². The van der Waals surface area contributed by atoms with Crippen LogP contribution in [0.15, 0.2) is 66.7 Å². The maximum atomic E-state index is 12.2. The zero-order valence-corrected chi connectivity index (χ0v) is 17.4. The van der Waals surface area contributed by atoms with E-state index in [1.807, 2.05) is 30.3 Å². The van der Waals surface area contributed by atoms with E-state index < -0.39 is 6.09 Å². The Hall–Kier alpha value is -3.91. The summed E-state index contributed by atoms with van der Waals surface area (Å²) in [5, 5.41) is 2.76. The molecule has 0 atom stereocenters. The van der Waals surface area contributed by atoms with Crippen molar-refractivity contribution in [2.45, 2.75) is 12.3 Å². The lowest BCUT2D eigenvalue weighted by atomic mass is 9.98. The van der Waals surface area contributed by atoms with Crippen LogP contribution in [-0.2, 0) is 4.74 Å². The molecule has 0 aromatic heterocycles. The first kappa shape index (κ1) is 20.4. The topological polar surface area (TPSA) is 73.6 Å². The maximum absolute atomic E-state index is 12.2. The van der Waals surface area contributed by atoms with Gasteiger partial charge in [-0.1, -0.05) is 60.4 Å². The zero-order valence-electron chi connectivity index (χ0n) is 17.4. The van der Waals surface area contributed by atoms with Gasteiger partial charge in [-0.3, -0.25) is 0 Å². The monoisotopic (exact) mass is 412 g/mol. The molecular weight excluding hydrogens is 388 g/mol. The van der Waals surface area contributed by atoms with E-state index in [0.717, 1.165) is 5.56 Å². The van der Waals surface area contributed by atoms with Gasteiger partial charge in [0.1, 0.15) is 12.4 Å². The number of hydrogen-bond acceptors (Lipinski definition) is 4. The number of anilines is 1. The Morgan fingerprint density at radius 1 is 1.03 bits per heavy atom. The molecule has 5 heteroatoms. The van der Waals surface area contributed by atoms with Crippen molar-refractivity contribution < 1.29 is 14.3 Å². The number of hydrogen-bond donors (Lipinski definition) is 2. The van der Waals surface area contributed by atoms with Gasteiger partial charge in [-0.25, -0.2) is 4.79 Å². The molecule has 4 rings (SSSR count). The molecule has 0 bridgehead atoms. The SMILES string of the molecule is COc1cc(N)cc(C#CCCNC(=O)OCC2c3ccccc3-c3ccccc32)c1. The third-order valence-corrected chi connectivity index (χ3v) is 5.26. The number of nitrogen functional groups attached to an aromatic ring is 1. The summed E-state index contributed by atoms with van der Waals surface area (Å²) in [4.78, 5) is 12.2. The molecule has 0 spiro atoms. The zero-order chi connectivity index (χ0) is 21.6. The third-order valence-electron chi connectivity index (χ3n) is 5.26. The van der Waals surface area contributed by atoms with Crippen LogP contribution < -0.4 is 15.8 Å². The molecule has 0 saturated carbocycles. The molecule has 3 N–H and O–H groups in total. The molecule has 0 radical (unpaired) electrons. The summed E-state index contributed by atoms with van der Waals surface area (Å²) in [6, 6.07) is 21.9. The van der Waals surface area contributed by atoms with Crippen LogP contribution in [0.5, 0.6) is 5.75 Å². The lowest BCUT2D eigenvalue weighted by molar-refractivity contribution is 0.143. The molecule has 1 aliphatic rings. The van der Waals surface area contributed by atoms with Crippen molar-refractivity contribution >= 4 is 11.8 Å². The standard InChI is InChI=1S/C26H24N2O3/c1-30-20-15-18(14-19(27)16-20)8-6-7-13-28-26(29)31-17-25-23-11-4-2-9-21(23)22-10-3-5-12-24(22)25/h2-5,9-12,14-16,25H,7,13,17,27H2,1H3,(H,28,29). The van der Waals surface area contributed by atoms with E-state index in [1.165, 1.54) is 22.3 Å². The van der Waals surface area contributed by atoms with Gasteiger partial charge in [0.2, 0.25) is 0 Å². The first-order chi connectivity index (χ1) is 15.2. The van der Waals surface area contributed by atoms with E-state index in [-0.39, 0.29) is 5.92 Å². The molecule has 31 heavy (non-hydrogen) atoms. The second-order valence-corrected chi connectivity index (χ2v) is 7.30. The van der Waals surface area contributed by atoms with Crippen LogP contribution in [0.2, 0.25) is 0 Å². The predicted molar refractivity (Wildman–Crippen MR) is 122 cm³/mol. The highest BCUT2D eigenvalue weighted by molar-refractivity contribution is 5.79. The molecule has 0 heterocycles. The van der Waals surface area contributed by atoms with Crippen molar-refractivity contribution in [1.29, 1.82) is 0 Å². The molecule has 0 aliphatic heterocycles. The number of benzene rings is 3. The van der Waals surface area contributed by atoms with Gasteiger partial charge in [-0.2, -0.15) is 0 Å². The van der Waals surface area contributed by atoms with E-state index in [9.17, 15) is 4.79 Å². The highest BCUT2D eigenvalue weighted by atomic mass is 16.5. The van der Waals surface area contributed by atoms with Crippen LogP contribution in [-0.4, -0.2) is 26.4 Å². The first-order valence-corrected chi connectivity index (χ1v) is 10.2. The highest BCUT2D eigenvalue weighted by Gasteiger charge is 2.28. The molecule has 0 saturated heterocycles. The van der Waals surface area contributed by atoms with Crippen LogP contribution in [0, 0.1) is 11.8 Å². The van der Waals surface area contributed by atoms with Gasteiger partial charge in [0.25, 0.3) is 0 Å². The van der Waals surface area contributed by atoms with Crippen LogP contribution >= 0.6 is 0 Å². The summed E-state index contributed by atoms with van der Waals surface area (Å²) in [5.74, 6) is 6.78. The highest BCUT2D eigenvalue weighted by Crippen LogP contribution is 2.44. The van der Waals surface area contributed by atoms with E-state index in [4.69, 9.17) is 15.2 Å². The molecule has 1 amide bonds. The second kappa shape index (κ2) is 9.27. The van der Waals surface area contributed by atoms with Crippen LogP contribution in [0.25, 0.3) is 11.1 Å². The van der Waals surface area contributed by atoms with E-state index in [1.54, 1.807) is 19.2 Å². The number of amides is 1. The summed E-state index contributed by atoms with van der Waals surface area (Å²) in [6.45, 7) is 0.706. The van der Waals surface area contributed by atoms with Crippen molar-refractivity contribution in [1.82, 2.24) is 5.32 Å². The maximum Gasteiger partial charge on any atom is 0.407 e. The fraction of sp³-hybridized carbons (Fsp3) is 0.192. The number of ether oxygens (including phenoxy) is 2. The lowest BCUT2D eigenvalue weighted by Crippen LogP contribution is -2.26. The minimum absolute atomic E-state index is 0.0523. The average molecular weight is 412 g/mol. The van der Waals surface area contributed by atoms with Gasteiger partial charge in [0.05, 0.1) is 7.11 Å². The van der Waals surface area contributed by atoms with Gasteiger partial charge in [0, 0.05) is 36.2 Å². The molecule has 5 nitrogen and oxygen atoms in total. The Balaban J connectivity index is 1.29. The van der Waals surface area contributed by atoms with Crippen molar-refractivity contribution in [3.63, 3.8) is 0 Å². The third kappa shape index (κ3) is 4.65. The van der Waals surface area contributed by atoms with Crippen LogP contribution in [0.4, 0.5) is 10.5 Å². The fourth-order valence-electron chi connectivity index (χ4n) is 3.85. The van der Waals surface area contributed by atoms with Crippen LogP contribution in [0.1, 0.15) is 29.0 Å². The Morgan fingerprint density at radius 2 is 1.71 bits per heavy atom. The predicted octanol–water partition coefficient (Wildman–Crippen LogP) is 4.56. The molecule has 156 valence electrons. The van der Waals surface area contributed by atoms with E-state index >= 15 is 0 Å². The quantitative estimate of drug-likeness (QED) is 0.366. The number of carbonyl (C=O) groups excluding carboxylic acids is 1. The molecular formula is C26H24N2O3. The van der Waals surface area contributed by atoms with E-state index in [0.29, 0.717) is 31.0 Å². The minimum Gasteiger partial charge on any atom is -0.497 e. The Morgan fingerprint density at radius 3 is 2.39 bits per heavy atom. The molecule has 3 aromatic carbocycles. The van der Waals surface area contributed by atoms with Crippen molar-refractivity contribution in [3.8, 4) is 28.7 Å². The number of methoxy groups -OCH3 is 1. The van der Waals surface area contributed by atoms with Gasteiger partial charge in [-0.15, -0.1) is 0 Å². The number of alkyl carbamates (subject to hydrolysis) is 1. The summed E-state index contributed by atoms with van der Waals surface area (Å²) in [6.07, 6.45) is 0.0655. The molecule has 1 aliphatic carbocycles. The summed E-state index contributed by atoms with van der Waals surface area (Å²) in [7, 11) is 1.59. The Kier molecular flexibility index (Phi) is 6.09. The number of nitrogens with two attached hydrogens (primary N) is 1. The number of carbonyl (C=O) groups is 1. The molecule has 0 fully saturated rings. The fourth-order valence-corrected chi connectivity index (χ4v) is 3.85. The van der Waals surface area contributed by atoms with Crippen molar-refractivity contribution in [3.05, 3.63) is 83.4 Å². The second-order valence-electron chi connectivity index (χ2n) is 7.30. The van der Waals surface area contributed by atoms with Gasteiger partial charge >= 0.3 is 6.09 Å². The smallest absolute Gasteiger partial charge is 0.407 e. The molecule has 3 aromatic rings. The number of fused-ring (bicyclic) bond motifs is 3. The summed E-state index contributed by atoms with van der Waals surface area (Å²) < 4.78 is 10.7. The Bertz CT molecular complexity index is 1120. The minimum atomic E-state index is -0.436. The number of rotatable bonds is 5. The van der Waals surface area contributed by atoms with Crippen LogP contribution in [0.3, 0.4) is 0 Å². The lowest BCUT2D eigenvalue weighted by Gasteiger charge is -2.14. The summed E-state index contributed by atoms with van der Waals surface area (Å²) in [5.41, 5.74) is 12.0. The summed E-state index contributed by atoms with van der Waals surface area (Å²) >= 11 is 0. The van der Waals surface area contributed by atoms with Gasteiger partial charge in [0.15, 0.2) is 0 Å². The van der Waals surface area contributed by atoms with Crippen molar-refractivity contribution in [2.24, 2.45) is 0 Å². The largest absolute Gasteiger partial charge is 0.497 e. The van der Waals surface area contributed by atoms with Gasteiger partial charge < -0.3 is 20.5 Å². The van der Waals surface area contributed by atoms with Crippen molar-refractivity contribution in [2.75, 3.05) is 26.0 Å².